The molecule has 0 amide bonds. The van der Waals surface area contributed by atoms with Gasteiger partial charge in [0.25, 0.3) is 0 Å². The standard InChI is InChI=1S/C22H16N2/c1-15-13-17(16-7-3-2-4-8-16)14-20-18-9-5-6-10-19(18)22-23-11-12-24(22)21(15)20/h2-14H,1H3. The van der Waals surface area contributed by atoms with Gasteiger partial charge in [0, 0.05) is 23.2 Å². The molecule has 2 nitrogen and oxygen atoms in total. The van der Waals surface area contributed by atoms with Gasteiger partial charge in [0.2, 0.25) is 0 Å². The molecule has 0 saturated heterocycles. The van der Waals surface area contributed by atoms with Crippen LogP contribution in [0.2, 0.25) is 0 Å². The highest BCUT2D eigenvalue weighted by Crippen LogP contribution is 2.34. The minimum absolute atomic E-state index is 1.02. The molecular weight excluding hydrogens is 292 g/mol. The van der Waals surface area contributed by atoms with Gasteiger partial charge in [-0.05, 0) is 41.1 Å². The van der Waals surface area contributed by atoms with E-state index in [1.807, 2.05) is 6.20 Å². The number of imidazole rings is 1. The summed E-state index contributed by atoms with van der Waals surface area (Å²) >= 11 is 0. The second-order valence-electron chi connectivity index (χ2n) is 6.22. The molecule has 0 spiro atoms. The fourth-order valence-corrected chi connectivity index (χ4v) is 3.70. The Kier molecular flexibility index (Phi) is 2.74. The second kappa shape index (κ2) is 4.93. The van der Waals surface area contributed by atoms with Gasteiger partial charge in [-0.15, -0.1) is 0 Å². The number of nitrogens with zero attached hydrogens (tertiary/aromatic N) is 2. The zero-order valence-electron chi connectivity index (χ0n) is 13.4. The molecule has 0 aliphatic heterocycles. The highest BCUT2D eigenvalue weighted by molar-refractivity contribution is 6.13. The van der Waals surface area contributed by atoms with Crippen molar-refractivity contribution in [1.82, 2.24) is 9.38 Å². The van der Waals surface area contributed by atoms with Crippen molar-refractivity contribution in [3.05, 3.63) is 84.7 Å². The van der Waals surface area contributed by atoms with Gasteiger partial charge in [-0.3, -0.25) is 4.40 Å². The fourth-order valence-electron chi connectivity index (χ4n) is 3.70. The summed E-state index contributed by atoms with van der Waals surface area (Å²) < 4.78 is 2.21. The fraction of sp³-hybridized carbons (Fsp3) is 0.0455. The predicted octanol–water partition coefficient (Wildman–Crippen LogP) is 5.62. The van der Waals surface area contributed by atoms with Crippen LogP contribution in [0.5, 0.6) is 0 Å². The summed E-state index contributed by atoms with van der Waals surface area (Å²) in [7, 11) is 0. The lowest BCUT2D eigenvalue weighted by atomic mass is 9.97. The maximum absolute atomic E-state index is 4.58. The minimum atomic E-state index is 1.02. The smallest absolute Gasteiger partial charge is 0.145 e. The lowest BCUT2D eigenvalue weighted by Crippen LogP contribution is -1.94. The van der Waals surface area contributed by atoms with Gasteiger partial charge in [-0.25, -0.2) is 4.98 Å². The van der Waals surface area contributed by atoms with Gasteiger partial charge >= 0.3 is 0 Å². The summed E-state index contributed by atoms with van der Waals surface area (Å²) in [6.07, 6.45) is 3.94. The van der Waals surface area contributed by atoms with E-state index >= 15 is 0 Å². The first-order valence-corrected chi connectivity index (χ1v) is 8.16. The molecule has 0 fully saturated rings. The molecule has 2 heterocycles. The SMILES string of the molecule is Cc1cc(-c2ccccc2)cc2c3ccccc3c3nccn3c12. The number of rotatable bonds is 1. The van der Waals surface area contributed by atoms with Crippen LogP contribution in [0.1, 0.15) is 5.56 Å². The maximum atomic E-state index is 4.58. The van der Waals surface area contributed by atoms with Crippen LogP contribution in [0.4, 0.5) is 0 Å². The van der Waals surface area contributed by atoms with Crippen molar-refractivity contribution in [3.63, 3.8) is 0 Å². The molecule has 0 saturated carbocycles. The highest BCUT2D eigenvalue weighted by atomic mass is 15.0. The van der Waals surface area contributed by atoms with Crippen LogP contribution < -0.4 is 0 Å². The summed E-state index contributed by atoms with van der Waals surface area (Å²) in [5, 5.41) is 3.72. The van der Waals surface area contributed by atoms with E-state index in [0.29, 0.717) is 0 Å². The van der Waals surface area contributed by atoms with E-state index in [1.54, 1.807) is 0 Å². The Morgan fingerprint density at radius 3 is 2.33 bits per heavy atom. The van der Waals surface area contributed by atoms with Gasteiger partial charge in [0.05, 0.1) is 5.52 Å². The largest absolute Gasteiger partial charge is 0.299 e. The predicted molar refractivity (Wildman–Crippen MR) is 100 cm³/mol. The molecule has 0 atom stereocenters. The van der Waals surface area contributed by atoms with E-state index in [9.17, 15) is 0 Å². The molecule has 0 radical (unpaired) electrons. The molecule has 0 aliphatic rings. The molecule has 0 aliphatic carbocycles. The van der Waals surface area contributed by atoms with Gasteiger partial charge in [-0.2, -0.15) is 0 Å². The van der Waals surface area contributed by atoms with Crippen molar-refractivity contribution in [2.45, 2.75) is 6.92 Å². The normalized spacial score (nSPS) is 11.5. The van der Waals surface area contributed by atoms with Crippen molar-refractivity contribution in [2.24, 2.45) is 0 Å². The maximum Gasteiger partial charge on any atom is 0.145 e. The third-order valence-electron chi connectivity index (χ3n) is 4.75. The Labute approximate surface area is 140 Å². The number of fused-ring (bicyclic) bond motifs is 6. The first-order chi connectivity index (χ1) is 11.8. The molecule has 3 aromatic carbocycles. The minimum Gasteiger partial charge on any atom is -0.299 e. The van der Waals surface area contributed by atoms with E-state index in [0.717, 1.165) is 5.65 Å². The molecule has 0 unspecified atom stereocenters. The monoisotopic (exact) mass is 308 g/mol. The van der Waals surface area contributed by atoms with Crippen molar-refractivity contribution in [1.29, 1.82) is 0 Å². The summed E-state index contributed by atoms with van der Waals surface area (Å²) in [4.78, 5) is 4.58. The topological polar surface area (TPSA) is 17.3 Å². The molecule has 0 N–H and O–H groups in total. The molecule has 2 aromatic heterocycles. The van der Waals surface area contributed by atoms with Gasteiger partial charge in [0.1, 0.15) is 5.65 Å². The average molecular weight is 308 g/mol. The van der Waals surface area contributed by atoms with E-state index in [4.69, 9.17) is 0 Å². The van der Waals surface area contributed by atoms with Crippen molar-refractivity contribution >= 4 is 27.3 Å². The van der Waals surface area contributed by atoms with Gasteiger partial charge in [-0.1, -0.05) is 54.6 Å². The van der Waals surface area contributed by atoms with Crippen LogP contribution >= 0.6 is 0 Å². The average Bonchev–Trinajstić information content (AvgIpc) is 3.12. The van der Waals surface area contributed by atoms with E-state index in [-0.39, 0.29) is 0 Å². The van der Waals surface area contributed by atoms with Crippen molar-refractivity contribution in [3.8, 4) is 11.1 Å². The number of aromatic nitrogens is 2. The first-order valence-electron chi connectivity index (χ1n) is 8.16. The molecule has 0 bridgehead atoms. The Morgan fingerprint density at radius 1 is 0.750 bits per heavy atom. The third kappa shape index (κ3) is 1.80. The van der Waals surface area contributed by atoms with Crippen LogP contribution in [0.15, 0.2) is 79.1 Å². The van der Waals surface area contributed by atoms with Crippen LogP contribution in [-0.2, 0) is 0 Å². The molecule has 114 valence electrons. The molecular formula is C22H16N2. The van der Waals surface area contributed by atoms with E-state index in [1.165, 1.54) is 38.4 Å². The van der Waals surface area contributed by atoms with Gasteiger partial charge < -0.3 is 0 Å². The number of hydrogen-bond donors (Lipinski definition) is 0. The van der Waals surface area contributed by atoms with Crippen molar-refractivity contribution in [2.75, 3.05) is 0 Å². The quantitative estimate of drug-likeness (QED) is 0.368. The lowest BCUT2D eigenvalue weighted by Gasteiger charge is -2.13. The van der Waals surface area contributed by atoms with Crippen LogP contribution in [0.25, 0.3) is 38.4 Å². The Balaban J connectivity index is 2.00. The summed E-state index contributed by atoms with van der Waals surface area (Å²) in [6.45, 7) is 2.18. The number of aryl methyl sites for hydroxylation is 1. The molecule has 24 heavy (non-hydrogen) atoms. The Hall–Kier alpha value is -3.13. The zero-order valence-corrected chi connectivity index (χ0v) is 13.4. The highest BCUT2D eigenvalue weighted by Gasteiger charge is 2.12. The first kappa shape index (κ1) is 13.3. The second-order valence-corrected chi connectivity index (χ2v) is 6.22. The summed E-state index contributed by atoms with van der Waals surface area (Å²) in [6, 6.07) is 23.7. The zero-order chi connectivity index (χ0) is 16.1. The third-order valence-corrected chi connectivity index (χ3v) is 4.75. The van der Waals surface area contributed by atoms with Crippen LogP contribution in [0, 0.1) is 6.92 Å². The summed E-state index contributed by atoms with van der Waals surface area (Å²) in [5.74, 6) is 0. The lowest BCUT2D eigenvalue weighted by molar-refractivity contribution is 1.25. The Morgan fingerprint density at radius 2 is 1.50 bits per heavy atom. The molecule has 2 heteroatoms. The number of pyridine rings is 1. The number of benzene rings is 3. The summed E-state index contributed by atoms with van der Waals surface area (Å²) in [5.41, 5.74) is 6.03. The van der Waals surface area contributed by atoms with Gasteiger partial charge in [0.15, 0.2) is 0 Å². The number of hydrogen-bond acceptors (Lipinski definition) is 1. The van der Waals surface area contributed by atoms with E-state index < -0.39 is 0 Å². The molecule has 5 rings (SSSR count). The van der Waals surface area contributed by atoms with E-state index in [2.05, 4.69) is 89.2 Å². The Bertz CT molecular complexity index is 1200. The molecule has 5 aromatic rings. The van der Waals surface area contributed by atoms with Crippen LogP contribution in [-0.4, -0.2) is 9.38 Å². The van der Waals surface area contributed by atoms with Crippen molar-refractivity contribution < 1.29 is 0 Å². The van der Waals surface area contributed by atoms with Crippen LogP contribution in [0.3, 0.4) is 0 Å².